The molecule has 0 bridgehead atoms. The maximum Gasteiger partial charge on any atom is 0.335 e. The summed E-state index contributed by atoms with van der Waals surface area (Å²) in [6, 6.07) is 4.96. The highest BCUT2D eigenvalue weighted by Crippen LogP contribution is 2.35. The van der Waals surface area contributed by atoms with Crippen LogP contribution in [0, 0.1) is 5.41 Å². The average Bonchev–Trinajstić information content (AvgIpc) is 2.27. The summed E-state index contributed by atoms with van der Waals surface area (Å²) < 4.78 is 0. The van der Waals surface area contributed by atoms with E-state index in [-0.39, 0.29) is 11.0 Å². The summed E-state index contributed by atoms with van der Waals surface area (Å²) in [5, 5.41) is 9.44. The lowest BCUT2D eigenvalue weighted by Crippen LogP contribution is -2.40. The van der Waals surface area contributed by atoms with Gasteiger partial charge in [0.2, 0.25) is 0 Å². The largest absolute Gasteiger partial charge is 0.478 e. The summed E-state index contributed by atoms with van der Waals surface area (Å²) >= 11 is 6.19. The second-order valence-electron chi connectivity index (χ2n) is 5.66. The van der Waals surface area contributed by atoms with Gasteiger partial charge in [-0.1, -0.05) is 25.4 Å². The third-order valence-corrected chi connectivity index (χ3v) is 3.74. The third kappa shape index (κ3) is 2.78. The number of rotatable bonds is 2. The number of carboxylic acids is 1. The molecular formula is C14H18ClNO2. The number of hydrogen-bond donors (Lipinski definition) is 1. The van der Waals surface area contributed by atoms with Crippen LogP contribution in [0.2, 0.25) is 5.02 Å². The Balaban J connectivity index is 2.26. The van der Waals surface area contributed by atoms with Crippen molar-refractivity contribution in [2.24, 2.45) is 5.41 Å². The molecule has 1 aliphatic heterocycles. The van der Waals surface area contributed by atoms with E-state index in [1.807, 2.05) is 6.07 Å². The van der Waals surface area contributed by atoms with Gasteiger partial charge in [-0.25, -0.2) is 4.79 Å². The van der Waals surface area contributed by atoms with E-state index in [1.54, 1.807) is 6.07 Å². The molecule has 0 atom stereocenters. The van der Waals surface area contributed by atoms with Crippen LogP contribution < -0.4 is 4.90 Å². The fourth-order valence-electron chi connectivity index (χ4n) is 2.53. The Morgan fingerprint density at radius 1 is 1.44 bits per heavy atom. The van der Waals surface area contributed by atoms with Crippen molar-refractivity contribution < 1.29 is 9.90 Å². The predicted molar refractivity (Wildman–Crippen MR) is 73.6 cm³/mol. The van der Waals surface area contributed by atoms with Gasteiger partial charge in [-0.15, -0.1) is 0 Å². The van der Waals surface area contributed by atoms with Crippen LogP contribution in [-0.4, -0.2) is 24.2 Å². The first-order valence-electron chi connectivity index (χ1n) is 6.17. The fourth-order valence-corrected chi connectivity index (χ4v) is 2.83. The maximum absolute atomic E-state index is 10.9. The molecule has 0 unspecified atom stereocenters. The van der Waals surface area contributed by atoms with Crippen molar-refractivity contribution in [3.05, 3.63) is 28.8 Å². The zero-order valence-electron chi connectivity index (χ0n) is 10.7. The first-order valence-corrected chi connectivity index (χ1v) is 6.55. The van der Waals surface area contributed by atoms with Crippen LogP contribution in [0.4, 0.5) is 5.69 Å². The summed E-state index contributed by atoms with van der Waals surface area (Å²) in [4.78, 5) is 13.1. The molecule has 0 aromatic heterocycles. The van der Waals surface area contributed by atoms with Crippen LogP contribution in [0.5, 0.6) is 0 Å². The van der Waals surface area contributed by atoms with Crippen LogP contribution >= 0.6 is 11.6 Å². The molecule has 1 fully saturated rings. The van der Waals surface area contributed by atoms with Crippen molar-refractivity contribution in [1.82, 2.24) is 0 Å². The van der Waals surface area contributed by atoms with Crippen molar-refractivity contribution >= 4 is 23.3 Å². The van der Waals surface area contributed by atoms with Gasteiger partial charge in [0.25, 0.3) is 0 Å². The van der Waals surface area contributed by atoms with Crippen LogP contribution in [0.3, 0.4) is 0 Å². The topological polar surface area (TPSA) is 40.5 Å². The van der Waals surface area contributed by atoms with E-state index >= 15 is 0 Å². The van der Waals surface area contributed by atoms with E-state index < -0.39 is 5.97 Å². The number of piperidine rings is 1. The summed E-state index contributed by atoms with van der Waals surface area (Å²) in [5.41, 5.74) is 1.46. The summed E-state index contributed by atoms with van der Waals surface area (Å²) in [5.74, 6) is -0.942. The van der Waals surface area contributed by atoms with E-state index in [0.717, 1.165) is 25.2 Å². The molecule has 0 saturated carbocycles. The molecule has 1 heterocycles. The van der Waals surface area contributed by atoms with Crippen LogP contribution in [0.15, 0.2) is 18.2 Å². The number of carboxylic acid groups (broad SMARTS) is 1. The van der Waals surface area contributed by atoms with Gasteiger partial charge in [0, 0.05) is 13.1 Å². The Kier molecular flexibility index (Phi) is 3.53. The molecule has 0 aliphatic carbocycles. The molecule has 4 heteroatoms. The Hall–Kier alpha value is -1.22. The van der Waals surface area contributed by atoms with Gasteiger partial charge >= 0.3 is 5.97 Å². The monoisotopic (exact) mass is 267 g/mol. The second-order valence-corrected chi connectivity index (χ2v) is 6.07. The molecule has 0 spiro atoms. The quantitative estimate of drug-likeness (QED) is 0.889. The fraction of sp³-hybridized carbons (Fsp3) is 0.500. The summed E-state index contributed by atoms with van der Waals surface area (Å²) in [6.07, 6.45) is 2.36. The Morgan fingerprint density at radius 3 is 2.72 bits per heavy atom. The van der Waals surface area contributed by atoms with Crippen molar-refractivity contribution in [3.8, 4) is 0 Å². The van der Waals surface area contributed by atoms with E-state index in [0.29, 0.717) is 5.02 Å². The first-order chi connectivity index (χ1) is 8.39. The van der Waals surface area contributed by atoms with Crippen molar-refractivity contribution in [2.45, 2.75) is 26.7 Å². The first kappa shape index (κ1) is 13.2. The normalized spacial score (nSPS) is 18.7. The number of anilines is 1. The highest BCUT2D eigenvalue weighted by Gasteiger charge is 2.27. The molecule has 1 aromatic rings. The highest BCUT2D eigenvalue weighted by atomic mass is 35.5. The Bertz CT molecular complexity index is 471. The average molecular weight is 268 g/mol. The number of nitrogens with zero attached hydrogens (tertiary/aromatic N) is 1. The van der Waals surface area contributed by atoms with Gasteiger partial charge < -0.3 is 10.0 Å². The van der Waals surface area contributed by atoms with Crippen LogP contribution in [0.1, 0.15) is 37.0 Å². The van der Waals surface area contributed by atoms with Crippen molar-refractivity contribution in [3.63, 3.8) is 0 Å². The molecule has 0 amide bonds. The zero-order chi connectivity index (χ0) is 13.3. The number of carbonyl (C=O) groups is 1. The lowest BCUT2D eigenvalue weighted by molar-refractivity contribution is 0.0697. The van der Waals surface area contributed by atoms with Gasteiger partial charge in [0.15, 0.2) is 0 Å². The minimum Gasteiger partial charge on any atom is -0.478 e. The molecule has 0 radical (unpaired) electrons. The summed E-state index contributed by atoms with van der Waals surface area (Å²) in [7, 11) is 0. The van der Waals surface area contributed by atoms with Crippen molar-refractivity contribution in [1.29, 1.82) is 0 Å². The molecule has 98 valence electrons. The molecule has 1 saturated heterocycles. The lowest BCUT2D eigenvalue weighted by Gasteiger charge is -2.39. The molecule has 1 aliphatic rings. The minimum absolute atomic E-state index is 0.236. The van der Waals surface area contributed by atoms with Gasteiger partial charge in [0.05, 0.1) is 16.3 Å². The number of hydrogen-bond acceptors (Lipinski definition) is 2. The molecule has 1 N–H and O–H groups in total. The SMILES string of the molecule is CC1(C)CCCN(c2ccc(C(=O)O)cc2Cl)C1. The standard InChI is InChI=1S/C14H18ClNO2/c1-14(2)6-3-7-16(9-14)12-5-4-10(13(17)18)8-11(12)15/h4-5,8H,3,6-7,9H2,1-2H3,(H,17,18). The lowest BCUT2D eigenvalue weighted by atomic mass is 9.84. The van der Waals surface area contributed by atoms with Crippen molar-refractivity contribution in [2.75, 3.05) is 18.0 Å². The van der Waals surface area contributed by atoms with E-state index in [2.05, 4.69) is 18.7 Å². The Labute approximate surface area is 112 Å². The number of halogens is 1. The molecule has 1 aromatic carbocycles. The smallest absolute Gasteiger partial charge is 0.335 e. The number of benzene rings is 1. The zero-order valence-corrected chi connectivity index (χ0v) is 11.5. The van der Waals surface area contributed by atoms with Gasteiger partial charge in [-0.3, -0.25) is 0 Å². The molecule has 18 heavy (non-hydrogen) atoms. The molecule has 3 nitrogen and oxygen atoms in total. The van der Waals surface area contributed by atoms with Crippen LogP contribution in [-0.2, 0) is 0 Å². The van der Waals surface area contributed by atoms with E-state index in [1.165, 1.54) is 12.5 Å². The van der Waals surface area contributed by atoms with Gasteiger partial charge in [-0.2, -0.15) is 0 Å². The van der Waals surface area contributed by atoms with Gasteiger partial charge in [-0.05, 0) is 36.5 Å². The summed E-state index contributed by atoms with van der Waals surface area (Å²) in [6.45, 7) is 6.44. The molecule has 2 rings (SSSR count). The Morgan fingerprint density at radius 2 is 2.17 bits per heavy atom. The van der Waals surface area contributed by atoms with Crippen LogP contribution in [0.25, 0.3) is 0 Å². The predicted octanol–water partition coefficient (Wildman–Crippen LogP) is 3.66. The maximum atomic E-state index is 10.9. The molecular weight excluding hydrogens is 250 g/mol. The number of aromatic carboxylic acids is 1. The minimum atomic E-state index is -0.942. The third-order valence-electron chi connectivity index (χ3n) is 3.44. The van der Waals surface area contributed by atoms with Gasteiger partial charge in [0.1, 0.15) is 0 Å². The second kappa shape index (κ2) is 4.81. The van der Waals surface area contributed by atoms with E-state index in [4.69, 9.17) is 16.7 Å². The highest BCUT2D eigenvalue weighted by molar-refractivity contribution is 6.33. The van der Waals surface area contributed by atoms with E-state index in [9.17, 15) is 4.79 Å².